The quantitative estimate of drug-likeness (QED) is 0.472. The van der Waals surface area contributed by atoms with Crippen molar-refractivity contribution < 1.29 is 28.5 Å². The van der Waals surface area contributed by atoms with Crippen molar-refractivity contribution in [1.29, 1.82) is 0 Å². The number of esters is 2. The maximum Gasteiger partial charge on any atom is 0.331 e. The summed E-state index contributed by atoms with van der Waals surface area (Å²) in [5.41, 5.74) is 0. The van der Waals surface area contributed by atoms with Gasteiger partial charge in [-0.15, -0.1) is 0 Å². The van der Waals surface area contributed by atoms with Gasteiger partial charge in [-0.05, 0) is 13.8 Å². The average Bonchev–Trinajstić information content (AvgIpc) is 2.39. The smallest absolute Gasteiger partial charge is 0.331 e. The first-order valence-corrected chi connectivity index (χ1v) is 5.56. The molecule has 6 nitrogen and oxygen atoms in total. The van der Waals surface area contributed by atoms with Crippen molar-refractivity contribution >= 4 is 11.9 Å². The largest absolute Gasteiger partial charge is 0.460 e. The van der Waals surface area contributed by atoms with Crippen LogP contribution in [0.2, 0.25) is 0 Å². The van der Waals surface area contributed by atoms with Crippen molar-refractivity contribution in [2.45, 2.75) is 26.1 Å². The van der Waals surface area contributed by atoms with Crippen molar-refractivity contribution in [2.24, 2.45) is 0 Å². The maximum absolute atomic E-state index is 11.2. The number of hydrogen-bond donors (Lipinski definition) is 0. The van der Waals surface area contributed by atoms with Gasteiger partial charge in [0.15, 0.2) is 0 Å². The molecule has 0 rings (SSSR count). The third-order valence-corrected chi connectivity index (χ3v) is 2.08. The molecule has 0 fully saturated rings. The zero-order valence-corrected chi connectivity index (χ0v) is 11.2. The van der Waals surface area contributed by atoms with Crippen LogP contribution >= 0.6 is 0 Å². The van der Waals surface area contributed by atoms with Gasteiger partial charge >= 0.3 is 11.9 Å². The Morgan fingerprint density at radius 2 is 1.22 bits per heavy atom. The van der Waals surface area contributed by atoms with E-state index in [1.165, 1.54) is 14.2 Å². The molecule has 0 radical (unpaired) electrons. The fraction of sp³-hybridized carbons (Fsp3) is 0.667. The van der Waals surface area contributed by atoms with Crippen molar-refractivity contribution in [3.8, 4) is 0 Å². The summed E-state index contributed by atoms with van der Waals surface area (Å²) in [5, 5.41) is 0. The molecule has 0 heterocycles. The predicted molar refractivity (Wildman–Crippen MR) is 64.0 cm³/mol. The summed E-state index contributed by atoms with van der Waals surface area (Å²) in [6.45, 7) is 3.79. The number of ether oxygens (including phenoxy) is 4. The standard InChI is InChI=1S/C12H20O6/c1-9(15-3)7-17-11(13)5-6-12(14)18-8-10(2)16-4/h5-6,9-10H,7-8H2,1-4H3/b6-5+. The molecule has 104 valence electrons. The summed E-state index contributed by atoms with van der Waals surface area (Å²) in [7, 11) is 3.03. The molecule has 0 aliphatic carbocycles. The molecular formula is C12H20O6. The highest BCUT2D eigenvalue weighted by Crippen LogP contribution is 1.93. The second-order valence-corrected chi connectivity index (χ2v) is 3.69. The fourth-order valence-electron chi connectivity index (χ4n) is 0.767. The molecule has 2 unspecified atom stereocenters. The summed E-state index contributed by atoms with van der Waals surface area (Å²) >= 11 is 0. The van der Waals surface area contributed by atoms with Gasteiger partial charge in [0.2, 0.25) is 0 Å². The van der Waals surface area contributed by atoms with Crippen LogP contribution in [0.1, 0.15) is 13.8 Å². The maximum atomic E-state index is 11.2. The third-order valence-electron chi connectivity index (χ3n) is 2.08. The third kappa shape index (κ3) is 8.72. The normalized spacial score (nSPS) is 14.2. The van der Waals surface area contributed by atoms with Gasteiger partial charge in [0.1, 0.15) is 13.2 Å². The Kier molecular flexibility index (Phi) is 8.86. The van der Waals surface area contributed by atoms with E-state index in [0.29, 0.717) is 0 Å². The van der Waals surface area contributed by atoms with Gasteiger partial charge in [-0.1, -0.05) is 0 Å². The van der Waals surface area contributed by atoms with Crippen LogP contribution in [0.5, 0.6) is 0 Å². The van der Waals surface area contributed by atoms with Crippen molar-refractivity contribution in [3.05, 3.63) is 12.2 Å². The van der Waals surface area contributed by atoms with E-state index in [0.717, 1.165) is 12.2 Å². The second kappa shape index (κ2) is 9.61. The van der Waals surface area contributed by atoms with Crippen molar-refractivity contribution in [3.63, 3.8) is 0 Å². The molecule has 0 saturated heterocycles. The Bertz CT molecular complexity index is 258. The van der Waals surface area contributed by atoms with Gasteiger partial charge in [-0.3, -0.25) is 0 Å². The van der Waals surface area contributed by atoms with E-state index in [1.54, 1.807) is 13.8 Å². The minimum absolute atomic E-state index is 0.134. The molecular weight excluding hydrogens is 240 g/mol. The predicted octanol–water partition coefficient (Wildman–Crippen LogP) is 0.699. The number of methoxy groups -OCH3 is 2. The molecule has 0 aliphatic heterocycles. The molecule has 0 bridgehead atoms. The summed E-state index contributed by atoms with van der Waals surface area (Å²) < 4.78 is 19.4. The molecule has 0 spiro atoms. The van der Waals surface area contributed by atoms with E-state index in [9.17, 15) is 9.59 Å². The summed E-state index contributed by atoms with van der Waals surface area (Å²) in [6.07, 6.45) is 1.67. The van der Waals surface area contributed by atoms with Crippen LogP contribution in [0.25, 0.3) is 0 Å². The molecule has 2 atom stereocenters. The van der Waals surface area contributed by atoms with Gasteiger partial charge in [-0.2, -0.15) is 0 Å². The van der Waals surface area contributed by atoms with Crippen molar-refractivity contribution in [2.75, 3.05) is 27.4 Å². The van der Waals surface area contributed by atoms with E-state index in [-0.39, 0.29) is 25.4 Å². The lowest BCUT2D eigenvalue weighted by molar-refractivity contribution is -0.143. The Morgan fingerprint density at radius 3 is 1.50 bits per heavy atom. The van der Waals surface area contributed by atoms with Crippen LogP contribution in [0.4, 0.5) is 0 Å². The molecule has 0 saturated carbocycles. The van der Waals surface area contributed by atoms with Crippen LogP contribution in [0.3, 0.4) is 0 Å². The lowest BCUT2D eigenvalue weighted by Crippen LogP contribution is -2.17. The van der Waals surface area contributed by atoms with E-state index in [1.807, 2.05) is 0 Å². The fourth-order valence-corrected chi connectivity index (χ4v) is 0.767. The number of carbonyl (C=O) groups excluding carboxylic acids is 2. The van der Waals surface area contributed by atoms with Gasteiger partial charge < -0.3 is 18.9 Å². The van der Waals surface area contributed by atoms with E-state index < -0.39 is 11.9 Å². The summed E-state index contributed by atoms with van der Waals surface area (Å²) in [5.74, 6) is -1.23. The van der Waals surface area contributed by atoms with Crippen LogP contribution < -0.4 is 0 Å². The summed E-state index contributed by atoms with van der Waals surface area (Å²) in [6, 6.07) is 0. The highest BCUT2D eigenvalue weighted by Gasteiger charge is 2.06. The number of rotatable bonds is 8. The molecule has 0 aliphatic rings. The number of hydrogen-bond acceptors (Lipinski definition) is 6. The van der Waals surface area contributed by atoms with Gasteiger partial charge in [0.25, 0.3) is 0 Å². The Hall–Kier alpha value is -1.40. The Balaban J connectivity index is 3.85. The second-order valence-electron chi connectivity index (χ2n) is 3.69. The first-order chi connectivity index (χ1) is 8.49. The van der Waals surface area contributed by atoms with Crippen LogP contribution in [0, 0.1) is 0 Å². The highest BCUT2D eigenvalue weighted by molar-refractivity contribution is 5.91. The zero-order valence-electron chi connectivity index (χ0n) is 11.2. The van der Waals surface area contributed by atoms with Crippen molar-refractivity contribution in [1.82, 2.24) is 0 Å². The molecule has 0 amide bonds. The van der Waals surface area contributed by atoms with Crippen LogP contribution in [-0.2, 0) is 28.5 Å². The van der Waals surface area contributed by atoms with Gasteiger partial charge in [-0.25, -0.2) is 9.59 Å². The first kappa shape index (κ1) is 16.6. The highest BCUT2D eigenvalue weighted by atomic mass is 16.6. The zero-order chi connectivity index (χ0) is 14.0. The molecule has 6 heteroatoms. The molecule has 0 aromatic rings. The number of carbonyl (C=O) groups is 2. The average molecular weight is 260 g/mol. The molecule has 0 N–H and O–H groups in total. The lowest BCUT2D eigenvalue weighted by Gasteiger charge is -2.09. The first-order valence-electron chi connectivity index (χ1n) is 5.56. The summed E-state index contributed by atoms with van der Waals surface area (Å²) in [4.78, 5) is 22.3. The SMILES string of the molecule is COC(C)COC(=O)/C=C/C(=O)OCC(C)OC. The van der Waals surface area contributed by atoms with Crippen LogP contribution in [-0.4, -0.2) is 51.6 Å². The Labute approximate surface area is 107 Å². The van der Waals surface area contributed by atoms with Crippen LogP contribution in [0.15, 0.2) is 12.2 Å². The molecule has 0 aromatic carbocycles. The minimum atomic E-state index is -0.615. The molecule has 18 heavy (non-hydrogen) atoms. The monoisotopic (exact) mass is 260 g/mol. The van der Waals surface area contributed by atoms with Gasteiger partial charge in [0.05, 0.1) is 12.2 Å². The minimum Gasteiger partial charge on any atom is -0.460 e. The topological polar surface area (TPSA) is 71.1 Å². The molecule has 0 aromatic heterocycles. The van der Waals surface area contributed by atoms with E-state index in [4.69, 9.17) is 18.9 Å². The van der Waals surface area contributed by atoms with E-state index in [2.05, 4.69) is 0 Å². The van der Waals surface area contributed by atoms with E-state index >= 15 is 0 Å². The lowest BCUT2D eigenvalue weighted by atomic mass is 10.4. The Morgan fingerprint density at radius 1 is 0.889 bits per heavy atom. The van der Waals surface area contributed by atoms with Gasteiger partial charge in [0, 0.05) is 26.4 Å².